The fourth-order valence-corrected chi connectivity index (χ4v) is 3.52. The molecule has 3 aromatic rings. The maximum absolute atomic E-state index is 5.69. The number of fused-ring (bicyclic) bond motifs is 1. The van der Waals surface area contributed by atoms with Crippen molar-refractivity contribution in [1.82, 2.24) is 14.5 Å². The predicted molar refractivity (Wildman–Crippen MR) is 88.0 cm³/mol. The molecule has 1 aliphatic rings. The van der Waals surface area contributed by atoms with E-state index in [0.29, 0.717) is 10.9 Å². The molecule has 1 fully saturated rings. The van der Waals surface area contributed by atoms with E-state index >= 15 is 0 Å². The van der Waals surface area contributed by atoms with Gasteiger partial charge in [-0.25, -0.2) is 0 Å². The van der Waals surface area contributed by atoms with Crippen LogP contribution >= 0.6 is 12.2 Å². The maximum atomic E-state index is 5.69. The molecule has 4 nitrogen and oxygen atoms in total. The van der Waals surface area contributed by atoms with Gasteiger partial charge >= 0.3 is 0 Å². The molecule has 2 aromatic heterocycles. The smallest absolute Gasteiger partial charge is 0.270 e. The van der Waals surface area contributed by atoms with Crippen LogP contribution in [0.3, 0.4) is 0 Å². The molecule has 0 radical (unpaired) electrons. The van der Waals surface area contributed by atoms with Gasteiger partial charge in [0.2, 0.25) is 0 Å². The molecule has 0 N–H and O–H groups in total. The number of hydrogen-bond acceptors (Lipinski definition) is 4. The second-order valence-electron chi connectivity index (χ2n) is 5.66. The van der Waals surface area contributed by atoms with Gasteiger partial charge in [0.25, 0.3) is 4.84 Å². The van der Waals surface area contributed by atoms with Gasteiger partial charge in [-0.2, -0.15) is 0 Å². The number of oxazole rings is 1. The van der Waals surface area contributed by atoms with Crippen LogP contribution in [0.15, 0.2) is 53.2 Å². The molecule has 0 saturated carbocycles. The molecular formula is C17H17N3OS. The van der Waals surface area contributed by atoms with Crippen LogP contribution in [0.1, 0.15) is 24.4 Å². The van der Waals surface area contributed by atoms with Crippen LogP contribution in [0.2, 0.25) is 0 Å². The largest absolute Gasteiger partial charge is 0.429 e. The molecule has 1 unspecified atom stereocenters. The second kappa shape index (κ2) is 5.66. The minimum absolute atomic E-state index is 0.407. The number of para-hydroxylation sites is 2. The van der Waals surface area contributed by atoms with E-state index in [4.69, 9.17) is 16.6 Å². The molecule has 22 heavy (non-hydrogen) atoms. The monoisotopic (exact) mass is 311 g/mol. The van der Waals surface area contributed by atoms with Crippen molar-refractivity contribution in [2.75, 3.05) is 6.54 Å². The van der Waals surface area contributed by atoms with E-state index < -0.39 is 0 Å². The summed E-state index contributed by atoms with van der Waals surface area (Å²) in [5.74, 6) is 0. The highest BCUT2D eigenvalue weighted by molar-refractivity contribution is 7.71. The molecule has 112 valence electrons. The highest BCUT2D eigenvalue weighted by Crippen LogP contribution is 2.32. The molecule has 3 heterocycles. The summed E-state index contributed by atoms with van der Waals surface area (Å²) in [6.07, 6.45) is 6.15. The van der Waals surface area contributed by atoms with Gasteiger partial charge in [0.1, 0.15) is 0 Å². The Labute approximate surface area is 134 Å². The third kappa shape index (κ3) is 2.36. The summed E-state index contributed by atoms with van der Waals surface area (Å²) in [6, 6.07) is 12.6. The zero-order chi connectivity index (χ0) is 14.9. The van der Waals surface area contributed by atoms with Crippen molar-refractivity contribution < 1.29 is 4.42 Å². The van der Waals surface area contributed by atoms with Gasteiger partial charge < -0.3 is 4.42 Å². The van der Waals surface area contributed by atoms with Gasteiger partial charge in [-0.3, -0.25) is 14.5 Å². The number of aromatic nitrogens is 2. The van der Waals surface area contributed by atoms with E-state index in [1.54, 1.807) is 0 Å². The molecule has 5 heteroatoms. The number of rotatable bonds is 3. The molecule has 4 rings (SSSR count). The van der Waals surface area contributed by atoms with Crippen LogP contribution in [0, 0.1) is 4.84 Å². The van der Waals surface area contributed by atoms with Crippen LogP contribution in [-0.4, -0.2) is 21.0 Å². The average Bonchev–Trinajstić information content (AvgIpc) is 3.14. The third-order valence-corrected chi connectivity index (χ3v) is 4.63. The van der Waals surface area contributed by atoms with Crippen molar-refractivity contribution in [3.8, 4) is 0 Å². The van der Waals surface area contributed by atoms with Gasteiger partial charge in [-0.15, -0.1) is 0 Å². The first-order valence-electron chi connectivity index (χ1n) is 7.55. The van der Waals surface area contributed by atoms with E-state index in [1.165, 1.54) is 12.0 Å². The number of benzene rings is 1. The van der Waals surface area contributed by atoms with Crippen LogP contribution in [0.4, 0.5) is 0 Å². The summed E-state index contributed by atoms with van der Waals surface area (Å²) in [7, 11) is 0. The van der Waals surface area contributed by atoms with Gasteiger partial charge in [-0.05, 0) is 48.8 Å². The molecule has 0 spiro atoms. The first kappa shape index (κ1) is 13.7. The van der Waals surface area contributed by atoms with Crippen LogP contribution in [0.5, 0.6) is 0 Å². The average molecular weight is 311 g/mol. The first-order valence-corrected chi connectivity index (χ1v) is 7.96. The quantitative estimate of drug-likeness (QED) is 0.680. The van der Waals surface area contributed by atoms with Gasteiger partial charge in [0.15, 0.2) is 5.58 Å². The summed E-state index contributed by atoms with van der Waals surface area (Å²) in [5, 5.41) is 0. The fourth-order valence-electron chi connectivity index (χ4n) is 3.28. The lowest BCUT2D eigenvalue weighted by molar-refractivity contribution is 0.200. The highest BCUT2D eigenvalue weighted by atomic mass is 32.1. The minimum Gasteiger partial charge on any atom is -0.429 e. The lowest BCUT2D eigenvalue weighted by atomic mass is 10.1. The van der Waals surface area contributed by atoms with Crippen LogP contribution in [-0.2, 0) is 6.67 Å². The molecule has 0 bridgehead atoms. The van der Waals surface area contributed by atoms with Crippen molar-refractivity contribution in [2.45, 2.75) is 25.6 Å². The van der Waals surface area contributed by atoms with E-state index in [9.17, 15) is 0 Å². The summed E-state index contributed by atoms with van der Waals surface area (Å²) < 4.78 is 7.77. The topological polar surface area (TPSA) is 34.2 Å². The zero-order valence-corrected chi connectivity index (χ0v) is 13.0. The Hall–Kier alpha value is -1.98. The molecule has 1 saturated heterocycles. The van der Waals surface area contributed by atoms with Crippen molar-refractivity contribution in [3.63, 3.8) is 0 Å². The Bertz CT molecular complexity index is 840. The molecule has 1 aromatic carbocycles. The lowest BCUT2D eigenvalue weighted by Crippen LogP contribution is -2.26. The number of pyridine rings is 1. The van der Waals surface area contributed by atoms with Gasteiger partial charge in [-0.1, -0.05) is 18.2 Å². The molecule has 0 aliphatic carbocycles. The van der Waals surface area contributed by atoms with Crippen molar-refractivity contribution in [3.05, 3.63) is 59.2 Å². The first-order chi connectivity index (χ1) is 10.8. The maximum Gasteiger partial charge on any atom is 0.270 e. The number of hydrogen-bond donors (Lipinski definition) is 0. The minimum atomic E-state index is 0.407. The van der Waals surface area contributed by atoms with E-state index in [2.05, 4.69) is 26.6 Å². The summed E-state index contributed by atoms with van der Waals surface area (Å²) in [4.78, 5) is 7.25. The van der Waals surface area contributed by atoms with E-state index in [1.807, 2.05) is 36.7 Å². The standard InChI is InChI=1S/C17H17N3OS/c22-17-20(15-6-1-2-8-16(15)21-17)12-19-10-4-7-14(19)13-5-3-9-18-11-13/h1-3,5-6,8-9,11,14H,4,7,10,12H2. The highest BCUT2D eigenvalue weighted by Gasteiger charge is 2.26. The van der Waals surface area contributed by atoms with E-state index in [0.717, 1.165) is 30.7 Å². The predicted octanol–water partition coefficient (Wildman–Crippen LogP) is 4.15. The van der Waals surface area contributed by atoms with Crippen molar-refractivity contribution in [1.29, 1.82) is 0 Å². The summed E-state index contributed by atoms with van der Waals surface area (Å²) >= 11 is 5.40. The third-order valence-electron chi connectivity index (χ3n) is 4.33. The molecule has 1 atom stereocenters. The Kier molecular flexibility index (Phi) is 3.52. The Morgan fingerprint density at radius 1 is 1.23 bits per heavy atom. The van der Waals surface area contributed by atoms with Crippen molar-refractivity contribution in [2.24, 2.45) is 0 Å². The van der Waals surface area contributed by atoms with Crippen LogP contribution < -0.4 is 0 Å². The van der Waals surface area contributed by atoms with Gasteiger partial charge in [0.05, 0.1) is 12.2 Å². The summed E-state index contributed by atoms with van der Waals surface area (Å²) in [6.45, 7) is 1.83. The van der Waals surface area contributed by atoms with Crippen LogP contribution in [0.25, 0.3) is 11.1 Å². The van der Waals surface area contributed by atoms with E-state index in [-0.39, 0.29) is 0 Å². The summed E-state index contributed by atoms with van der Waals surface area (Å²) in [5.41, 5.74) is 3.19. The second-order valence-corrected chi connectivity index (χ2v) is 6.01. The Morgan fingerprint density at radius 2 is 2.14 bits per heavy atom. The Balaban J connectivity index is 1.67. The molecule has 0 amide bonds. The SMILES string of the molecule is S=c1oc2ccccc2n1CN1CCCC1c1cccnc1. The van der Waals surface area contributed by atoms with Crippen molar-refractivity contribution >= 4 is 23.3 Å². The normalized spacial score (nSPS) is 19.0. The lowest BCUT2D eigenvalue weighted by Gasteiger charge is -2.24. The van der Waals surface area contributed by atoms with Gasteiger partial charge in [0, 0.05) is 25.0 Å². The molecular weight excluding hydrogens is 294 g/mol. The zero-order valence-electron chi connectivity index (χ0n) is 12.2. The fraction of sp³-hybridized carbons (Fsp3) is 0.294. The Morgan fingerprint density at radius 3 is 3.00 bits per heavy atom. The molecule has 1 aliphatic heterocycles. The number of likely N-dealkylation sites (tertiary alicyclic amines) is 1. The number of nitrogens with zero attached hydrogens (tertiary/aromatic N) is 3.